The molecule has 0 aliphatic carbocycles. The van der Waals surface area contributed by atoms with Gasteiger partial charge in [-0.2, -0.15) is 10.5 Å². The molecule has 0 amide bonds. The fourth-order valence-corrected chi connectivity index (χ4v) is 2.63. The Balaban J connectivity index is 2.04. The maximum Gasteiger partial charge on any atom is 0.0998 e. The van der Waals surface area contributed by atoms with Crippen molar-refractivity contribution in [2.24, 2.45) is 0 Å². The van der Waals surface area contributed by atoms with Crippen molar-refractivity contribution in [3.63, 3.8) is 0 Å². The molecule has 100 valence electrons. The number of nitriles is 2. The largest absolute Gasteiger partial charge is 0.343 e. The zero-order chi connectivity index (χ0) is 14.8. The lowest BCUT2D eigenvalue weighted by atomic mass is 10.1. The van der Waals surface area contributed by atoms with Crippen molar-refractivity contribution >= 4 is 22.5 Å². The van der Waals surface area contributed by atoms with Crippen LogP contribution in [0.2, 0.25) is 5.02 Å². The van der Waals surface area contributed by atoms with E-state index in [9.17, 15) is 0 Å². The molecule has 0 unspecified atom stereocenters. The zero-order valence-corrected chi connectivity index (χ0v) is 11.8. The highest BCUT2D eigenvalue weighted by Crippen LogP contribution is 2.23. The molecule has 0 radical (unpaired) electrons. The predicted octanol–water partition coefficient (Wildman–Crippen LogP) is 4.09. The van der Waals surface area contributed by atoms with Crippen LogP contribution in [-0.4, -0.2) is 4.57 Å². The van der Waals surface area contributed by atoms with Crippen molar-refractivity contribution in [1.29, 1.82) is 10.5 Å². The first-order chi connectivity index (χ1) is 10.2. The zero-order valence-electron chi connectivity index (χ0n) is 11.0. The van der Waals surface area contributed by atoms with Gasteiger partial charge in [-0.1, -0.05) is 23.7 Å². The van der Waals surface area contributed by atoms with Crippen LogP contribution in [0, 0.1) is 22.7 Å². The van der Waals surface area contributed by atoms with E-state index in [0.717, 1.165) is 16.5 Å². The Hall–Kier alpha value is -2.75. The Morgan fingerprint density at radius 3 is 2.62 bits per heavy atom. The molecule has 3 aromatic rings. The monoisotopic (exact) mass is 291 g/mol. The summed E-state index contributed by atoms with van der Waals surface area (Å²) in [6.45, 7) is 0.600. The van der Waals surface area contributed by atoms with Crippen molar-refractivity contribution in [2.75, 3.05) is 0 Å². The Bertz CT molecular complexity index is 910. The smallest absolute Gasteiger partial charge is 0.0998 e. The average Bonchev–Trinajstić information content (AvgIpc) is 2.92. The predicted molar refractivity (Wildman–Crippen MR) is 81.9 cm³/mol. The molecule has 0 aliphatic rings. The van der Waals surface area contributed by atoms with E-state index in [-0.39, 0.29) is 0 Å². The molecule has 1 heterocycles. The Morgan fingerprint density at radius 2 is 1.90 bits per heavy atom. The lowest BCUT2D eigenvalue weighted by molar-refractivity contribution is 0.837. The molecule has 21 heavy (non-hydrogen) atoms. The van der Waals surface area contributed by atoms with Gasteiger partial charge >= 0.3 is 0 Å². The number of fused-ring (bicyclic) bond motifs is 1. The molecule has 0 aliphatic heterocycles. The number of halogens is 1. The van der Waals surface area contributed by atoms with Gasteiger partial charge in [0.15, 0.2) is 0 Å². The molecule has 3 rings (SSSR count). The standard InChI is InChI=1S/C17H10ClN3/c18-16-8-12(9-19)4-5-14(16)11-21-7-6-15-13(10-20)2-1-3-17(15)21/h1-8H,11H2. The van der Waals surface area contributed by atoms with Crippen LogP contribution in [0.25, 0.3) is 10.9 Å². The third-order valence-electron chi connectivity index (χ3n) is 3.46. The van der Waals surface area contributed by atoms with Gasteiger partial charge in [0.2, 0.25) is 0 Å². The van der Waals surface area contributed by atoms with E-state index >= 15 is 0 Å². The van der Waals surface area contributed by atoms with Gasteiger partial charge in [-0.15, -0.1) is 0 Å². The number of nitrogens with zero attached hydrogens (tertiary/aromatic N) is 3. The lowest BCUT2D eigenvalue weighted by Gasteiger charge is -2.08. The number of hydrogen-bond acceptors (Lipinski definition) is 2. The van der Waals surface area contributed by atoms with Crippen molar-refractivity contribution in [2.45, 2.75) is 6.54 Å². The van der Waals surface area contributed by atoms with Crippen LogP contribution < -0.4 is 0 Å². The molecule has 0 saturated carbocycles. The van der Waals surface area contributed by atoms with Crippen LogP contribution >= 0.6 is 11.6 Å². The summed E-state index contributed by atoms with van der Waals surface area (Å²) in [4.78, 5) is 0. The van der Waals surface area contributed by atoms with E-state index in [1.807, 2.05) is 35.0 Å². The maximum atomic E-state index is 9.13. The number of hydrogen-bond donors (Lipinski definition) is 0. The normalized spacial score (nSPS) is 10.2. The summed E-state index contributed by atoms with van der Waals surface area (Å²) in [5.41, 5.74) is 3.15. The highest BCUT2D eigenvalue weighted by molar-refractivity contribution is 6.31. The summed E-state index contributed by atoms with van der Waals surface area (Å²) in [5.74, 6) is 0. The van der Waals surface area contributed by atoms with E-state index in [2.05, 4.69) is 12.1 Å². The number of benzene rings is 2. The first kappa shape index (κ1) is 13.2. The second-order valence-corrected chi connectivity index (χ2v) is 5.12. The minimum absolute atomic E-state index is 0.549. The fourth-order valence-electron chi connectivity index (χ4n) is 2.39. The van der Waals surface area contributed by atoms with Gasteiger partial charge in [0.25, 0.3) is 0 Å². The van der Waals surface area contributed by atoms with E-state index in [1.54, 1.807) is 18.2 Å². The van der Waals surface area contributed by atoms with Gasteiger partial charge in [0.05, 0.1) is 23.3 Å². The first-order valence-corrected chi connectivity index (χ1v) is 6.77. The molecule has 0 saturated heterocycles. The highest BCUT2D eigenvalue weighted by Gasteiger charge is 2.08. The number of rotatable bonds is 2. The molecule has 0 fully saturated rings. The second kappa shape index (κ2) is 5.32. The Labute approximate surface area is 127 Å². The summed E-state index contributed by atoms with van der Waals surface area (Å²) in [6.07, 6.45) is 1.94. The second-order valence-electron chi connectivity index (χ2n) is 4.71. The van der Waals surface area contributed by atoms with Crippen molar-refractivity contribution in [1.82, 2.24) is 4.57 Å². The van der Waals surface area contributed by atoms with Gasteiger partial charge < -0.3 is 4.57 Å². The molecule has 0 bridgehead atoms. The molecule has 0 atom stereocenters. The Morgan fingerprint density at radius 1 is 1.05 bits per heavy atom. The summed E-state index contributed by atoms with van der Waals surface area (Å²) in [5, 5.41) is 19.5. The number of aromatic nitrogens is 1. The minimum atomic E-state index is 0.549. The van der Waals surface area contributed by atoms with Crippen molar-refractivity contribution in [3.05, 3.63) is 70.4 Å². The van der Waals surface area contributed by atoms with E-state index in [4.69, 9.17) is 22.1 Å². The van der Waals surface area contributed by atoms with Crippen LogP contribution in [0.3, 0.4) is 0 Å². The third kappa shape index (κ3) is 2.36. The van der Waals surface area contributed by atoms with Crippen LogP contribution in [0.5, 0.6) is 0 Å². The van der Waals surface area contributed by atoms with Gasteiger partial charge in [-0.05, 0) is 35.9 Å². The summed E-state index contributed by atoms with van der Waals surface area (Å²) < 4.78 is 2.05. The van der Waals surface area contributed by atoms with Crippen LogP contribution in [0.1, 0.15) is 16.7 Å². The van der Waals surface area contributed by atoms with Gasteiger partial charge in [-0.25, -0.2) is 0 Å². The summed E-state index contributed by atoms with van der Waals surface area (Å²) in [7, 11) is 0. The van der Waals surface area contributed by atoms with E-state index < -0.39 is 0 Å². The molecule has 4 heteroatoms. The molecule has 3 nitrogen and oxygen atoms in total. The third-order valence-corrected chi connectivity index (χ3v) is 3.81. The summed E-state index contributed by atoms with van der Waals surface area (Å²) in [6, 6.07) is 17.2. The van der Waals surface area contributed by atoms with Gasteiger partial charge in [0, 0.05) is 28.7 Å². The summed E-state index contributed by atoms with van der Waals surface area (Å²) >= 11 is 6.22. The molecular formula is C17H10ClN3. The lowest BCUT2D eigenvalue weighted by Crippen LogP contribution is -1.99. The van der Waals surface area contributed by atoms with Crippen molar-refractivity contribution < 1.29 is 0 Å². The Kier molecular flexibility index (Phi) is 3.36. The van der Waals surface area contributed by atoms with Crippen LogP contribution in [0.15, 0.2) is 48.7 Å². The fraction of sp³-hybridized carbons (Fsp3) is 0.0588. The molecule has 0 spiro atoms. The minimum Gasteiger partial charge on any atom is -0.343 e. The van der Waals surface area contributed by atoms with Crippen molar-refractivity contribution in [3.8, 4) is 12.1 Å². The molecule has 1 aromatic heterocycles. The van der Waals surface area contributed by atoms with Crippen LogP contribution in [0.4, 0.5) is 0 Å². The van der Waals surface area contributed by atoms with Gasteiger partial charge in [0.1, 0.15) is 0 Å². The quantitative estimate of drug-likeness (QED) is 0.714. The molecule has 2 aromatic carbocycles. The topological polar surface area (TPSA) is 52.5 Å². The molecular weight excluding hydrogens is 282 g/mol. The first-order valence-electron chi connectivity index (χ1n) is 6.39. The van der Waals surface area contributed by atoms with E-state index in [1.165, 1.54) is 0 Å². The highest BCUT2D eigenvalue weighted by atomic mass is 35.5. The molecule has 0 N–H and O–H groups in total. The van der Waals surface area contributed by atoms with Crippen LogP contribution in [-0.2, 0) is 6.54 Å². The SMILES string of the molecule is N#Cc1ccc(Cn2ccc3c(C#N)cccc32)c(Cl)c1. The van der Waals surface area contributed by atoms with Gasteiger partial charge in [-0.3, -0.25) is 0 Å². The average molecular weight is 292 g/mol. The maximum absolute atomic E-state index is 9.13. The van der Waals surface area contributed by atoms with E-state index in [0.29, 0.717) is 22.7 Å².